The van der Waals surface area contributed by atoms with Crippen molar-refractivity contribution < 1.29 is 9.53 Å². The highest BCUT2D eigenvalue weighted by atomic mass is 16.6. The van der Waals surface area contributed by atoms with Gasteiger partial charge in [-0.15, -0.1) is 0 Å². The van der Waals surface area contributed by atoms with Gasteiger partial charge in [-0.25, -0.2) is 4.79 Å². The highest BCUT2D eigenvalue weighted by molar-refractivity contribution is 5.68. The predicted molar refractivity (Wildman–Crippen MR) is 57.1 cm³/mol. The number of carbonyl (C=O) groups excluding carboxylic acids is 1. The number of nitrogens with one attached hydrogen (secondary N) is 1. The van der Waals surface area contributed by atoms with Crippen LogP contribution < -0.4 is 11.1 Å². The van der Waals surface area contributed by atoms with E-state index in [1.54, 1.807) is 0 Å². The molecule has 14 heavy (non-hydrogen) atoms. The standard InChI is InChI=1S/C10H22N2O2/c1-6-10(5,7-11)12-8(13)14-9(2,3)4/h6-7,11H2,1-5H3,(H,12,13)/t10-/m1/s1. The van der Waals surface area contributed by atoms with Gasteiger partial charge >= 0.3 is 6.09 Å². The molecule has 4 nitrogen and oxygen atoms in total. The molecule has 0 saturated heterocycles. The molecular weight excluding hydrogens is 180 g/mol. The molecule has 1 atom stereocenters. The lowest BCUT2D eigenvalue weighted by molar-refractivity contribution is 0.0465. The molecule has 0 spiro atoms. The maximum Gasteiger partial charge on any atom is 0.408 e. The molecule has 0 unspecified atom stereocenters. The summed E-state index contributed by atoms with van der Waals surface area (Å²) in [5.74, 6) is 0. The number of nitrogens with two attached hydrogens (primary N) is 1. The number of amides is 1. The zero-order valence-electron chi connectivity index (χ0n) is 9.81. The first-order chi connectivity index (χ1) is 6.22. The van der Waals surface area contributed by atoms with E-state index in [2.05, 4.69) is 5.32 Å². The number of carbonyl (C=O) groups is 1. The minimum absolute atomic E-state index is 0.373. The lowest BCUT2D eigenvalue weighted by Gasteiger charge is -2.29. The second-order valence-corrected chi connectivity index (χ2v) is 4.75. The summed E-state index contributed by atoms with van der Waals surface area (Å²) < 4.78 is 5.13. The van der Waals surface area contributed by atoms with Crippen LogP contribution in [-0.2, 0) is 4.74 Å². The first kappa shape index (κ1) is 13.2. The van der Waals surface area contributed by atoms with Gasteiger partial charge in [0.05, 0.1) is 5.54 Å². The third kappa shape index (κ3) is 5.07. The first-order valence-electron chi connectivity index (χ1n) is 4.93. The summed E-state index contributed by atoms with van der Waals surface area (Å²) in [5.41, 5.74) is 4.72. The Bertz CT molecular complexity index is 193. The molecule has 0 bridgehead atoms. The van der Waals surface area contributed by atoms with E-state index in [-0.39, 0.29) is 5.54 Å². The van der Waals surface area contributed by atoms with E-state index in [0.29, 0.717) is 6.54 Å². The van der Waals surface area contributed by atoms with Crippen LogP contribution in [0.3, 0.4) is 0 Å². The normalized spacial score (nSPS) is 15.9. The summed E-state index contributed by atoms with van der Waals surface area (Å²) in [7, 11) is 0. The minimum Gasteiger partial charge on any atom is -0.444 e. The van der Waals surface area contributed by atoms with Gasteiger partial charge in [0, 0.05) is 6.54 Å². The van der Waals surface area contributed by atoms with E-state index >= 15 is 0 Å². The van der Waals surface area contributed by atoms with E-state index in [4.69, 9.17) is 10.5 Å². The van der Waals surface area contributed by atoms with Crippen LogP contribution in [0, 0.1) is 0 Å². The average molecular weight is 202 g/mol. The molecule has 0 rings (SSSR count). The molecule has 0 aliphatic rings. The molecule has 0 radical (unpaired) electrons. The lowest BCUT2D eigenvalue weighted by atomic mass is 10.00. The van der Waals surface area contributed by atoms with E-state index in [1.807, 2.05) is 34.6 Å². The second-order valence-electron chi connectivity index (χ2n) is 4.75. The van der Waals surface area contributed by atoms with Gasteiger partial charge < -0.3 is 15.8 Å². The van der Waals surface area contributed by atoms with Crippen molar-refractivity contribution >= 4 is 6.09 Å². The van der Waals surface area contributed by atoms with Crippen molar-refractivity contribution in [1.82, 2.24) is 5.32 Å². The van der Waals surface area contributed by atoms with E-state index in [9.17, 15) is 4.79 Å². The van der Waals surface area contributed by atoms with Crippen LogP contribution in [0.1, 0.15) is 41.0 Å². The summed E-state index contributed by atoms with van der Waals surface area (Å²) in [5, 5.41) is 2.76. The fourth-order valence-electron chi connectivity index (χ4n) is 0.834. The van der Waals surface area contributed by atoms with Crippen molar-refractivity contribution in [2.24, 2.45) is 5.73 Å². The van der Waals surface area contributed by atoms with Crippen LogP contribution >= 0.6 is 0 Å². The Morgan fingerprint density at radius 2 is 1.86 bits per heavy atom. The monoisotopic (exact) mass is 202 g/mol. The van der Waals surface area contributed by atoms with Crippen molar-refractivity contribution in [3.8, 4) is 0 Å². The summed E-state index contributed by atoms with van der Waals surface area (Å²) in [4.78, 5) is 11.4. The molecule has 0 aromatic rings. The summed E-state index contributed by atoms with van der Waals surface area (Å²) in [6, 6.07) is 0. The molecule has 0 heterocycles. The zero-order valence-corrected chi connectivity index (χ0v) is 9.81. The Morgan fingerprint density at radius 3 is 2.14 bits per heavy atom. The van der Waals surface area contributed by atoms with Gasteiger partial charge in [0.2, 0.25) is 0 Å². The van der Waals surface area contributed by atoms with Gasteiger partial charge in [-0.05, 0) is 34.1 Å². The lowest BCUT2D eigenvalue weighted by Crippen LogP contribution is -2.52. The molecule has 0 saturated carbocycles. The minimum atomic E-state index is -0.465. The van der Waals surface area contributed by atoms with E-state index in [0.717, 1.165) is 6.42 Å². The summed E-state index contributed by atoms with van der Waals surface area (Å²) in [6.07, 6.45) is 0.371. The Hall–Kier alpha value is -0.770. The van der Waals surface area contributed by atoms with Crippen LogP contribution in [0.4, 0.5) is 4.79 Å². The van der Waals surface area contributed by atoms with Crippen molar-refractivity contribution in [1.29, 1.82) is 0 Å². The SMILES string of the molecule is CC[C@](C)(CN)NC(=O)OC(C)(C)C. The van der Waals surface area contributed by atoms with Gasteiger partial charge in [0.15, 0.2) is 0 Å². The number of hydrogen-bond donors (Lipinski definition) is 2. The summed E-state index contributed by atoms with van der Waals surface area (Å²) in [6.45, 7) is 9.78. The first-order valence-corrected chi connectivity index (χ1v) is 4.93. The highest BCUT2D eigenvalue weighted by Gasteiger charge is 2.25. The maximum absolute atomic E-state index is 11.4. The smallest absolute Gasteiger partial charge is 0.408 e. The Kier molecular flexibility index (Phi) is 4.39. The van der Waals surface area contributed by atoms with Gasteiger partial charge in [-0.2, -0.15) is 0 Å². The molecule has 0 fully saturated rings. The average Bonchev–Trinajstić information content (AvgIpc) is 2.00. The fourth-order valence-corrected chi connectivity index (χ4v) is 0.834. The highest BCUT2D eigenvalue weighted by Crippen LogP contribution is 2.11. The van der Waals surface area contributed by atoms with Gasteiger partial charge in [-0.1, -0.05) is 6.92 Å². The Balaban J connectivity index is 4.18. The van der Waals surface area contributed by atoms with Gasteiger partial charge in [-0.3, -0.25) is 0 Å². The van der Waals surface area contributed by atoms with Crippen LogP contribution in [0.5, 0.6) is 0 Å². The van der Waals surface area contributed by atoms with Crippen molar-refractivity contribution in [3.05, 3.63) is 0 Å². The second kappa shape index (κ2) is 4.64. The van der Waals surface area contributed by atoms with E-state index < -0.39 is 11.7 Å². The molecule has 0 aromatic carbocycles. The maximum atomic E-state index is 11.4. The number of rotatable bonds is 3. The molecule has 84 valence electrons. The molecule has 3 N–H and O–H groups in total. The number of hydrogen-bond acceptors (Lipinski definition) is 3. The topological polar surface area (TPSA) is 64.3 Å². The van der Waals surface area contributed by atoms with Crippen molar-refractivity contribution in [2.75, 3.05) is 6.54 Å². The number of alkyl carbamates (subject to hydrolysis) is 1. The molecule has 0 aliphatic carbocycles. The molecule has 4 heteroatoms. The third-order valence-electron chi connectivity index (χ3n) is 2.03. The Labute approximate surface area is 86.2 Å². The van der Waals surface area contributed by atoms with Gasteiger partial charge in [0.1, 0.15) is 5.60 Å². The fraction of sp³-hybridized carbons (Fsp3) is 0.900. The molecule has 0 aliphatic heterocycles. The molecule has 0 aromatic heterocycles. The quantitative estimate of drug-likeness (QED) is 0.731. The predicted octanol–water partition coefficient (Wildman–Crippen LogP) is 1.64. The van der Waals surface area contributed by atoms with Crippen LogP contribution in [0.15, 0.2) is 0 Å². The largest absolute Gasteiger partial charge is 0.444 e. The number of ether oxygens (including phenoxy) is 1. The summed E-state index contributed by atoms with van der Waals surface area (Å²) >= 11 is 0. The van der Waals surface area contributed by atoms with Gasteiger partial charge in [0.25, 0.3) is 0 Å². The molecular formula is C10H22N2O2. The molecule has 1 amide bonds. The van der Waals surface area contributed by atoms with Crippen molar-refractivity contribution in [2.45, 2.75) is 52.2 Å². The van der Waals surface area contributed by atoms with E-state index in [1.165, 1.54) is 0 Å². The van der Waals surface area contributed by atoms with Crippen molar-refractivity contribution in [3.63, 3.8) is 0 Å². The third-order valence-corrected chi connectivity index (χ3v) is 2.03. The van der Waals surface area contributed by atoms with Crippen LogP contribution in [-0.4, -0.2) is 23.8 Å². The zero-order chi connectivity index (χ0) is 11.4. The van der Waals surface area contributed by atoms with Crippen LogP contribution in [0.2, 0.25) is 0 Å². The van der Waals surface area contributed by atoms with Crippen LogP contribution in [0.25, 0.3) is 0 Å². The Morgan fingerprint density at radius 1 is 1.36 bits per heavy atom.